The quantitative estimate of drug-likeness (QED) is 0.234. The molecule has 2 aromatic carbocycles. The second-order valence-corrected chi connectivity index (χ2v) is 12.2. The summed E-state index contributed by atoms with van der Waals surface area (Å²) in [5.41, 5.74) is 2.12. The molecule has 4 heterocycles. The van der Waals surface area contributed by atoms with Gasteiger partial charge in [0.2, 0.25) is 5.95 Å². The maximum Gasteiger partial charge on any atom is 0.335 e. The molecule has 0 radical (unpaired) electrons. The topological polar surface area (TPSA) is 111 Å². The number of nitrogens with zero attached hydrogens (tertiary/aromatic N) is 4. The highest BCUT2D eigenvalue weighted by atomic mass is 35.5. The summed E-state index contributed by atoms with van der Waals surface area (Å²) in [7, 11) is 1.76. The number of piperidine rings is 1. The predicted octanol–water partition coefficient (Wildman–Crippen LogP) is 6.54. The average molecular weight is 613 g/mol. The van der Waals surface area contributed by atoms with Gasteiger partial charge in [0.05, 0.1) is 27.5 Å². The van der Waals surface area contributed by atoms with Crippen molar-refractivity contribution in [2.45, 2.75) is 69.1 Å². The number of aryl methyl sites for hydroxylation is 1. The van der Waals surface area contributed by atoms with E-state index in [2.05, 4.69) is 15.0 Å². The molecule has 2 bridgehead atoms. The number of anilines is 1. The Morgan fingerprint density at radius 1 is 1.12 bits per heavy atom. The highest BCUT2D eigenvalue weighted by molar-refractivity contribution is 6.39. The number of aromatic carboxylic acids is 1. The first-order valence-electron chi connectivity index (χ1n) is 14.0. The lowest BCUT2D eigenvalue weighted by Gasteiger charge is -2.39. The molecule has 42 heavy (non-hydrogen) atoms. The molecule has 218 valence electrons. The van der Waals surface area contributed by atoms with Gasteiger partial charge in [0.25, 0.3) is 0 Å². The fourth-order valence-electron chi connectivity index (χ4n) is 6.59. The van der Waals surface area contributed by atoms with E-state index in [1.807, 2.05) is 0 Å². The second-order valence-electron chi connectivity index (χ2n) is 11.4. The number of fused-ring (bicyclic) bond motifs is 3. The molecule has 1 N–H and O–H groups in total. The van der Waals surface area contributed by atoms with Crippen LogP contribution >= 0.6 is 23.2 Å². The number of carboxylic acid groups (broad SMARTS) is 1. The van der Waals surface area contributed by atoms with Gasteiger partial charge in [0, 0.05) is 49.0 Å². The first kappa shape index (κ1) is 27.2. The number of carbonyl (C=O) groups is 2. The van der Waals surface area contributed by atoms with Crippen molar-refractivity contribution in [3.05, 3.63) is 63.1 Å². The Morgan fingerprint density at radius 3 is 2.45 bits per heavy atom. The van der Waals surface area contributed by atoms with Crippen LogP contribution < -0.4 is 4.90 Å². The molecular formula is C30H27Cl2FN4O5. The summed E-state index contributed by atoms with van der Waals surface area (Å²) in [5, 5.41) is 14.5. The van der Waals surface area contributed by atoms with Crippen LogP contribution in [0.4, 0.5) is 10.3 Å². The minimum atomic E-state index is -1.20. The first-order chi connectivity index (χ1) is 20.2. The minimum absolute atomic E-state index is 0.00227. The van der Waals surface area contributed by atoms with E-state index >= 15 is 0 Å². The molecule has 2 aromatic heterocycles. The molecule has 12 heteroatoms. The van der Waals surface area contributed by atoms with Crippen LogP contribution in [-0.4, -0.2) is 49.9 Å². The minimum Gasteiger partial charge on any atom is -0.478 e. The number of carboxylic acids is 1. The smallest absolute Gasteiger partial charge is 0.335 e. The maximum absolute atomic E-state index is 14.8. The van der Waals surface area contributed by atoms with Crippen LogP contribution in [0.5, 0.6) is 0 Å². The lowest BCUT2D eigenvalue weighted by Crippen LogP contribution is -2.47. The number of imidazole rings is 1. The van der Waals surface area contributed by atoms with Crippen molar-refractivity contribution in [3.63, 3.8) is 0 Å². The van der Waals surface area contributed by atoms with Gasteiger partial charge in [0.15, 0.2) is 5.82 Å². The van der Waals surface area contributed by atoms with Crippen molar-refractivity contribution < 1.29 is 28.3 Å². The van der Waals surface area contributed by atoms with Gasteiger partial charge in [-0.15, -0.1) is 0 Å². The highest BCUT2D eigenvalue weighted by Gasteiger charge is 2.44. The van der Waals surface area contributed by atoms with Crippen LogP contribution in [0.15, 0.2) is 34.9 Å². The molecule has 1 aliphatic carbocycles. The summed E-state index contributed by atoms with van der Waals surface area (Å²) in [6, 6.07) is 7.74. The number of halogens is 3. The largest absolute Gasteiger partial charge is 0.478 e. The fourth-order valence-corrected chi connectivity index (χ4v) is 7.17. The molecule has 2 atom stereocenters. The van der Waals surface area contributed by atoms with E-state index < -0.39 is 11.8 Å². The Hall–Kier alpha value is -3.63. The van der Waals surface area contributed by atoms with Gasteiger partial charge in [-0.25, -0.2) is 14.2 Å². The average Bonchev–Trinajstić information content (AvgIpc) is 3.55. The molecule has 0 amide bonds. The van der Waals surface area contributed by atoms with Gasteiger partial charge in [-0.3, -0.25) is 4.79 Å². The highest BCUT2D eigenvalue weighted by Crippen LogP contribution is 2.46. The molecule has 2 unspecified atom stereocenters. The molecular weight excluding hydrogens is 586 g/mol. The third kappa shape index (κ3) is 4.61. The number of hydrogen-bond acceptors (Lipinski definition) is 7. The molecule has 1 saturated carbocycles. The van der Waals surface area contributed by atoms with Crippen LogP contribution in [-0.2, 0) is 23.0 Å². The molecule has 9 nitrogen and oxygen atoms in total. The summed E-state index contributed by atoms with van der Waals surface area (Å²) >= 11 is 12.9. The summed E-state index contributed by atoms with van der Waals surface area (Å²) in [5.74, 6) is -0.734. The summed E-state index contributed by atoms with van der Waals surface area (Å²) < 4.78 is 28.2. The van der Waals surface area contributed by atoms with Crippen molar-refractivity contribution in [2.24, 2.45) is 7.05 Å². The predicted molar refractivity (Wildman–Crippen MR) is 154 cm³/mol. The Bertz CT molecular complexity index is 1710. The number of rotatable bonds is 7. The lowest BCUT2D eigenvalue weighted by atomic mass is 9.99. The van der Waals surface area contributed by atoms with Crippen LogP contribution in [0, 0.1) is 5.82 Å². The van der Waals surface area contributed by atoms with E-state index in [0.717, 1.165) is 31.7 Å². The van der Waals surface area contributed by atoms with Crippen LogP contribution in [0.1, 0.15) is 66.1 Å². The van der Waals surface area contributed by atoms with Gasteiger partial charge in [-0.2, -0.15) is 0 Å². The molecule has 4 aromatic rings. The fraction of sp³-hybridized carbons (Fsp3) is 0.400. The van der Waals surface area contributed by atoms with Gasteiger partial charge >= 0.3 is 11.9 Å². The zero-order valence-corrected chi connectivity index (χ0v) is 24.2. The van der Waals surface area contributed by atoms with Crippen molar-refractivity contribution in [1.29, 1.82) is 0 Å². The molecule has 7 rings (SSSR count). The van der Waals surface area contributed by atoms with Gasteiger partial charge in [-0.1, -0.05) is 34.4 Å². The molecule has 0 spiro atoms. The van der Waals surface area contributed by atoms with Crippen molar-refractivity contribution in [1.82, 2.24) is 14.7 Å². The Labute approximate surface area is 250 Å². The van der Waals surface area contributed by atoms with Gasteiger partial charge in [0.1, 0.15) is 23.1 Å². The zero-order chi connectivity index (χ0) is 29.3. The molecule has 2 saturated heterocycles. The maximum atomic E-state index is 14.8. The van der Waals surface area contributed by atoms with Crippen LogP contribution in [0.3, 0.4) is 0 Å². The molecule has 3 fully saturated rings. The number of hydrogen-bond donors (Lipinski definition) is 1. The lowest BCUT2D eigenvalue weighted by molar-refractivity contribution is -0.149. The van der Waals surface area contributed by atoms with E-state index in [-0.39, 0.29) is 47.6 Å². The zero-order valence-electron chi connectivity index (χ0n) is 22.6. The third-order valence-corrected chi connectivity index (χ3v) is 9.30. The van der Waals surface area contributed by atoms with Crippen molar-refractivity contribution in [2.75, 3.05) is 4.90 Å². The van der Waals surface area contributed by atoms with E-state index in [4.69, 9.17) is 32.5 Å². The summed E-state index contributed by atoms with van der Waals surface area (Å²) in [6.45, 7) is 0. The second kappa shape index (κ2) is 10.3. The number of benzene rings is 2. The van der Waals surface area contributed by atoms with Gasteiger partial charge in [-0.05, 0) is 49.9 Å². The molecule has 2 aliphatic heterocycles. The first-order valence-corrected chi connectivity index (χ1v) is 14.7. The van der Waals surface area contributed by atoms with Gasteiger partial charge < -0.3 is 23.8 Å². The number of esters is 1. The van der Waals surface area contributed by atoms with Crippen molar-refractivity contribution in [3.8, 4) is 11.3 Å². The summed E-state index contributed by atoms with van der Waals surface area (Å²) in [4.78, 5) is 31.5. The van der Waals surface area contributed by atoms with E-state index in [1.54, 1.807) is 29.8 Å². The standard InChI is InChI=1S/C30H27Cl2FN4O5/c1-36-23-10-15(29(39)40)9-22(33)27(23)34-30(36)37-16-7-8-17(37)12-18(11-16)41-24(38)13-19-26(35-42-28(19)14-5-6-14)25-20(31)3-2-4-21(25)32/h2-4,9-10,14,16-18H,5-8,11-13H2,1H3,(H,39,40). The number of ether oxygens (including phenoxy) is 1. The van der Waals surface area contributed by atoms with E-state index in [9.17, 15) is 19.1 Å². The van der Waals surface area contributed by atoms with E-state index in [1.165, 1.54) is 6.07 Å². The summed E-state index contributed by atoms with van der Waals surface area (Å²) in [6.07, 6.45) is 4.64. The monoisotopic (exact) mass is 612 g/mol. The third-order valence-electron chi connectivity index (χ3n) is 8.67. The van der Waals surface area contributed by atoms with E-state index in [0.29, 0.717) is 56.9 Å². The number of aromatic nitrogens is 3. The Morgan fingerprint density at radius 2 is 1.81 bits per heavy atom. The Kier molecular flexibility index (Phi) is 6.66. The SMILES string of the molecule is Cn1c(N2C3CCC2CC(OC(=O)Cc2c(-c4c(Cl)cccc4Cl)noc2C2CC2)C3)nc2c(F)cc(C(=O)O)cc21. The van der Waals surface area contributed by atoms with Crippen molar-refractivity contribution >= 4 is 52.1 Å². The van der Waals surface area contributed by atoms with Crippen LogP contribution in [0.2, 0.25) is 10.0 Å². The molecule has 3 aliphatic rings. The Balaban J connectivity index is 1.10. The number of carbonyl (C=O) groups excluding carboxylic acids is 1. The van der Waals surface area contributed by atoms with Crippen LogP contribution in [0.25, 0.3) is 22.3 Å². The normalized spacial score (nSPS) is 21.7.